The fourth-order valence-corrected chi connectivity index (χ4v) is 1.73. The zero-order valence-electron chi connectivity index (χ0n) is 8.52. The van der Waals surface area contributed by atoms with E-state index < -0.39 is 17.7 Å². The van der Waals surface area contributed by atoms with Crippen molar-refractivity contribution in [2.24, 2.45) is 5.41 Å². The maximum Gasteiger partial charge on any atom is 0.172 e. The molecule has 0 aliphatic carbocycles. The van der Waals surface area contributed by atoms with Crippen LogP contribution >= 0.6 is 0 Å². The van der Waals surface area contributed by atoms with Gasteiger partial charge < -0.3 is 4.74 Å². The molecule has 0 saturated carbocycles. The topological polar surface area (TPSA) is 26.3 Å². The second-order valence-electron chi connectivity index (χ2n) is 4.66. The lowest BCUT2D eigenvalue weighted by molar-refractivity contribution is -0.149. The summed E-state index contributed by atoms with van der Waals surface area (Å²) in [5.74, 6) is -0.111. The number of ether oxygens (including phenoxy) is 1. The normalized spacial score (nSPS) is 29.2. The molecule has 2 nitrogen and oxygen atoms in total. The van der Waals surface area contributed by atoms with Gasteiger partial charge in [0.2, 0.25) is 0 Å². The zero-order valence-corrected chi connectivity index (χ0v) is 8.52. The molecule has 1 heterocycles. The lowest BCUT2D eigenvalue weighted by Gasteiger charge is -2.30. The van der Waals surface area contributed by atoms with Gasteiger partial charge in [-0.15, -0.1) is 0 Å². The molecule has 1 aliphatic heterocycles. The third-order valence-corrected chi connectivity index (χ3v) is 2.41. The summed E-state index contributed by atoms with van der Waals surface area (Å²) in [6, 6.07) is 0. The second kappa shape index (κ2) is 3.37. The molecule has 0 aromatic rings. The van der Waals surface area contributed by atoms with Crippen LogP contribution in [0.5, 0.6) is 0 Å². The number of ketones is 1. The third kappa shape index (κ3) is 1.90. The van der Waals surface area contributed by atoms with Crippen LogP contribution in [0.4, 0.5) is 4.39 Å². The molecule has 3 heteroatoms. The lowest BCUT2D eigenvalue weighted by Crippen LogP contribution is -2.46. The molecule has 0 bridgehead atoms. The highest BCUT2D eigenvalue weighted by Crippen LogP contribution is 2.34. The minimum Gasteiger partial charge on any atom is -0.364 e. The number of carbonyl (C=O) groups excluding carboxylic acids is 1. The number of rotatable bonds is 2. The molecule has 0 radical (unpaired) electrons. The van der Waals surface area contributed by atoms with E-state index in [1.54, 1.807) is 20.8 Å². The first-order valence-corrected chi connectivity index (χ1v) is 4.67. The van der Waals surface area contributed by atoms with E-state index in [1.807, 2.05) is 0 Å². The highest BCUT2D eigenvalue weighted by molar-refractivity contribution is 5.92. The minimum absolute atomic E-state index is 0.111. The Bertz CT molecular complexity index is 199. The molecule has 0 aromatic carbocycles. The summed E-state index contributed by atoms with van der Waals surface area (Å²) in [6.45, 7) is 5.21. The van der Waals surface area contributed by atoms with E-state index in [0.29, 0.717) is 13.0 Å². The van der Waals surface area contributed by atoms with Crippen LogP contribution in [0.2, 0.25) is 0 Å². The highest BCUT2D eigenvalue weighted by Gasteiger charge is 2.47. The molecule has 0 amide bonds. The molecule has 0 N–H and O–H groups in total. The molecule has 0 spiro atoms. The van der Waals surface area contributed by atoms with Crippen LogP contribution in [-0.2, 0) is 9.53 Å². The van der Waals surface area contributed by atoms with Crippen LogP contribution in [0.15, 0.2) is 0 Å². The fraction of sp³-hybridized carbons (Fsp3) is 0.900. The van der Waals surface area contributed by atoms with Crippen LogP contribution in [0, 0.1) is 5.41 Å². The van der Waals surface area contributed by atoms with Gasteiger partial charge in [-0.1, -0.05) is 20.8 Å². The van der Waals surface area contributed by atoms with E-state index in [2.05, 4.69) is 0 Å². The number of halogens is 1. The van der Waals surface area contributed by atoms with Crippen molar-refractivity contribution >= 4 is 5.78 Å². The van der Waals surface area contributed by atoms with Crippen molar-refractivity contribution in [3.63, 3.8) is 0 Å². The van der Waals surface area contributed by atoms with E-state index in [0.717, 1.165) is 6.42 Å². The molecular weight excluding hydrogens is 171 g/mol. The molecule has 1 aliphatic rings. The van der Waals surface area contributed by atoms with Crippen molar-refractivity contribution in [1.82, 2.24) is 0 Å². The first-order chi connectivity index (χ1) is 5.92. The van der Waals surface area contributed by atoms with Gasteiger partial charge in [-0.05, 0) is 12.8 Å². The number of carbonyl (C=O) groups is 1. The Balaban J connectivity index is 2.83. The van der Waals surface area contributed by atoms with Crippen LogP contribution in [0.1, 0.15) is 33.6 Å². The zero-order chi connectivity index (χ0) is 10.1. The summed E-state index contributed by atoms with van der Waals surface area (Å²) in [6.07, 6.45) is 1.31. The summed E-state index contributed by atoms with van der Waals surface area (Å²) in [4.78, 5) is 11.9. The largest absolute Gasteiger partial charge is 0.364 e. The molecule has 1 saturated heterocycles. The summed E-state index contributed by atoms with van der Waals surface area (Å²) >= 11 is 0. The summed E-state index contributed by atoms with van der Waals surface area (Å²) in [5.41, 5.74) is -1.64. The van der Waals surface area contributed by atoms with Crippen molar-refractivity contribution in [2.45, 2.75) is 39.2 Å². The molecule has 0 aromatic heterocycles. The van der Waals surface area contributed by atoms with E-state index >= 15 is 0 Å². The second-order valence-corrected chi connectivity index (χ2v) is 4.66. The summed E-state index contributed by atoms with van der Waals surface area (Å²) in [7, 11) is 0. The standard InChI is InChI=1S/C10H17FO2/c1-9(2,3)8(12)10(7-11)5-4-6-13-10/h4-7H2,1-3H3. The Labute approximate surface area is 78.5 Å². The van der Waals surface area contributed by atoms with Crippen LogP contribution < -0.4 is 0 Å². The number of Topliss-reactive ketones (excluding diaryl/α,β-unsaturated/α-hetero) is 1. The molecule has 1 atom stereocenters. The van der Waals surface area contributed by atoms with Crippen LogP contribution in [0.3, 0.4) is 0 Å². The average Bonchev–Trinajstić information content (AvgIpc) is 2.50. The third-order valence-electron chi connectivity index (χ3n) is 2.41. The van der Waals surface area contributed by atoms with Crippen molar-refractivity contribution in [3.8, 4) is 0 Å². The van der Waals surface area contributed by atoms with Gasteiger partial charge >= 0.3 is 0 Å². The summed E-state index contributed by atoms with van der Waals surface area (Å²) < 4.78 is 18.0. The van der Waals surface area contributed by atoms with Crippen molar-refractivity contribution in [2.75, 3.05) is 13.3 Å². The van der Waals surface area contributed by atoms with Gasteiger partial charge in [-0.25, -0.2) is 4.39 Å². The van der Waals surface area contributed by atoms with Gasteiger partial charge in [0.1, 0.15) is 6.67 Å². The number of alkyl halides is 1. The Morgan fingerprint density at radius 1 is 1.54 bits per heavy atom. The molecule has 1 rings (SSSR count). The van der Waals surface area contributed by atoms with E-state index in [-0.39, 0.29) is 5.78 Å². The minimum atomic E-state index is -1.13. The first kappa shape index (κ1) is 10.6. The number of hydrogen-bond donors (Lipinski definition) is 0. The van der Waals surface area contributed by atoms with Gasteiger partial charge in [-0.3, -0.25) is 4.79 Å². The SMILES string of the molecule is CC(C)(C)C(=O)C1(CF)CCCO1. The van der Waals surface area contributed by atoms with Crippen molar-refractivity contribution < 1.29 is 13.9 Å². The molecule has 1 fully saturated rings. The van der Waals surface area contributed by atoms with Gasteiger partial charge in [0.25, 0.3) is 0 Å². The lowest BCUT2D eigenvalue weighted by atomic mass is 9.79. The Morgan fingerprint density at radius 3 is 2.46 bits per heavy atom. The first-order valence-electron chi connectivity index (χ1n) is 4.67. The van der Waals surface area contributed by atoms with E-state index in [9.17, 15) is 9.18 Å². The van der Waals surface area contributed by atoms with Gasteiger partial charge in [-0.2, -0.15) is 0 Å². The molecule has 13 heavy (non-hydrogen) atoms. The summed E-state index contributed by atoms with van der Waals surface area (Å²) in [5, 5.41) is 0. The smallest absolute Gasteiger partial charge is 0.172 e. The fourth-order valence-electron chi connectivity index (χ4n) is 1.73. The monoisotopic (exact) mass is 188 g/mol. The van der Waals surface area contributed by atoms with Gasteiger partial charge in [0, 0.05) is 12.0 Å². The van der Waals surface area contributed by atoms with Gasteiger partial charge in [0.15, 0.2) is 11.4 Å². The highest BCUT2D eigenvalue weighted by atomic mass is 19.1. The Morgan fingerprint density at radius 2 is 2.15 bits per heavy atom. The molecular formula is C10H17FO2. The van der Waals surface area contributed by atoms with Crippen molar-refractivity contribution in [1.29, 1.82) is 0 Å². The van der Waals surface area contributed by atoms with Crippen LogP contribution in [0.25, 0.3) is 0 Å². The maximum absolute atomic E-state index is 12.8. The Hall–Kier alpha value is -0.440. The maximum atomic E-state index is 12.8. The number of hydrogen-bond acceptors (Lipinski definition) is 2. The van der Waals surface area contributed by atoms with E-state index in [1.165, 1.54) is 0 Å². The van der Waals surface area contributed by atoms with E-state index in [4.69, 9.17) is 4.74 Å². The van der Waals surface area contributed by atoms with Gasteiger partial charge in [0.05, 0.1) is 0 Å². The Kier molecular flexibility index (Phi) is 2.76. The van der Waals surface area contributed by atoms with Crippen LogP contribution in [-0.4, -0.2) is 24.7 Å². The molecule has 1 unspecified atom stereocenters. The predicted molar refractivity (Wildman–Crippen MR) is 48.4 cm³/mol. The molecule has 76 valence electrons. The van der Waals surface area contributed by atoms with Crippen molar-refractivity contribution in [3.05, 3.63) is 0 Å². The quantitative estimate of drug-likeness (QED) is 0.663. The predicted octanol–water partition coefficient (Wildman–Crippen LogP) is 2.12. The average molecular weight is 188 g/mol.